The molecule has 0 N–H and O–H groups in total. The molecule has 0 fully saturated rings. The zero-order chi connectivity index (χ0) is 37.7. The molecule has 0 atom stereocenters. The maximum absolute atomic E-state index is 2.55. The summed E-state index contributed by atoms with van der Waals surface area (Å²) in [5, 5.41) is 0. The van der Waals surface area contributed by atoms with Crippen LogP contribution in [0, 0.1) is 0 Å². The number of aromatic nitrogens is 1. The molecule has 0 saturated heterocycles. The average molecular weight is 730 g/mol. The van der Waals surface area contributed by atoms with Gasteiger partial charge in [-0.3, -0.25) is 0 Å². The summed E-state index contributed by atoms with van der Waals surface area (Å²) in [6, 6.07) is 13.7. The molecule has 0 radical (unpaired) electrons. The first-order valence-corrected chi connectivity index (χ1v) is 23.8. The van der Waals surface area contributed by atoms with Gasteiger partial charge in [0.05, 0.1) is 0 Å². The van der Waals surface area contributed by atoms with Gasteiger partial charge >= 0.3 is 0 Å². The molecule has 2 heteroatoms. The summed E-state index contributed by atoms with van der Waals surface area (Å²) < 4.78 is 2.36. The Morgan fingerprint density at radius 1 is 0.377 bits per heavy atom. The second-order valence-electron chi connectivity index (χ2n) is 16.5. The molecule has 2 nitrogen and oxygen atoms in total. The van der Waals surface area contributed by atoms with Gasteiger partial charge in [-0.2, -0.15) is 0 Å². The fourth-order valence-corrected chi connectivity index (χ4v) is 7.88. The lowest BCUT2D eigenvalue weighted by molar-refractivity contribution is -0.697. The zero-order valence-corrected chi connectivity index (χ0v) is 35.9. The van der Waals surface area contributed by atoms with E-state index >= 15 is 0 Å². The van der Waals surface area contributed by atoms with E-state index in [1.165, 1.54) is 229 Å². The molecular weight excluding hydrogens is 641 g/mol. The number of aryl methyl sites for hydroxylation is 1. The van der Waals surface area contributed by atoms with Crippen LogP contribution in [0.2, 0.25) is 0 Å². The smallest absolute Gasteiger partial charge is 0.169 e. The molecule has 1 aromatic carbocycles. The van der Waals surface area contributed by atoms with Gasteiger partial charge in [0.25, 0.3) is 0 Å². The van der Waals surface area contributed by atoms with Crippen LogP contribution in [-0.4, -0.2) is 13.1 Å². The van der Waals surface area contributed by atoms with Crippen LogP contribution >= 0.6 is 0 Å². The Bertz CT molecular complexity index is 1050. The maximum Gasteiger partial charge on any atom is 0.169 e. The van der Waals surface area contributed by atoms with Gasteiger partial charge in [0.1, 0.15) is 6.54 Å². The summed E-state index contributed by atoms with van der Waals surface area (Å²) in [5.74, 6) is 0. The highest BCUT2D eigenvalue weighted by atomic mass is 15.1. The monoisotopic (exact) mass is 730 g/mol. The average Bonchev–Trinajstić information content (AvgIpc) is 3.19. The van der Waals surface area contributed by atoms with Gasteiger partial charge < -0.3 is 4.90 Å². The Hall–Kier alpha value is -2.09. The number of hydrogen-bond donors (Lipinski definition) is 0. The molecule has 0 spiro atoms. The molecule has 0 saturated carbocycles. The van der Waals surface area contributed by atoms with Crippen LogP contribution in [-0.2, 0) is 6.54 Å². The lowest BCUT2D eigenvalue weighted by Gasteiger charge is -2.23. The fourth-order valence-electron chi connectivity index (χ4n) is 7.88. The van der Waals surface area contributed by atoms with Gasteiger partial charge in [0, 0.05) is 37.3 Å². The van der Waals surface area contributed by atoms with E-state index in [9.17, 15) is 0 Å². The third kappa shape index (κ3) is 27.2. The quantitative estimate of drug-likeness (QED) is 0.0493. The highest BCUT2D eigenvalue weighted by molar-refractivity contribution is 5.70. The number of nitrogens with zero attached hydrogens (tertiary/aromatic N) is 2. The van der Waals surface area contributed by atoms with Crippen LogP contribution in [0.25, 0.3) is 12.2 Å². The summed E-state index contributed by atoms with van der Waals surface area (Å²) in [5.41, 5.74) is 3.91. The Balaban J connectivity index is 1.46. The van der Waals surface area contributed by atoms with Crippen LogP contribution in [0.15, 0.2) is 48.8 Å². The Morgan fingerprint density at radius 3 is 1.06 bits per heavy atom. The van der Waals surface area contributed by atoms with Gasteiger partial charge in [-0.05, 0) is 43.0 Å². The van der Waals surface area contributed by atoms with E-state index in [1.54, 1.807) is 0 Å². The molecular formula is C51H89N2+. The van der Waals surface area contributed by atoms with Crippen molar-refractivity contribution >= 4 is 17.8 Å². The Labute approximate surface area is 332 Å². The SMILES string of the molecule is CCCCCCCCCCCCCCCCCCN(CC)c1ccc(/C=C/c2cc[n+](CCCCCCCCCCCCCCCCCC)cc2)cc1. The van der Waals surface area contributed by atoms with Crippen molar-refractivity contribution in [2.24, 2.45) is 0 Å². The maximum atomic E-state index is 2.55. The third-order valence-corrected chi connectivity index (χ3v) is 11.6. The number of rotatable bonds is 38. The largest absolute Gasteiger partial charge is 0.372 e. The van der Waals surface area contributed by atoms with Crippen molar-refractivity contribution in [2.45, 2.75) is 233 Å². The van der Waals surface area contributed by atoms with E-state index in [0.29, 0.717) is 0 Å². The van der Waals surface area contributed by atoms with Crippen molar-refractivity contribution in [2.75, 3.05) is 18.0 Å². The number of unbranched alkanes of at least 4 members (excludes halogenated alkanes) is 30. The summed E-state index contributed by atoms with van der Waals surface area (Å²) >= 11 is 0. The Kier molecular flexibility index (Phi) is 31.6. The number of anilines is 1. The van der Waals surface area contributed by atoms with Crippen LogP contribution < -0.4 is 9.47 Å². The minimum absolute atomic E-state index is 1.08. The third-order valence-electron chi connectivity index (χ3n) is 11.6. The number of pyridine rings is 1. The molecule has 0 bridgehead atoms. The first-order valence-electron chi connectivity index (χ1n) is 23.8. The van der Waals surface area contributed by atoms with E-state index in [2.05, 4.69) is 91.2 Å². The minimum Gasteiger partial charge on any atom is -0.372 e. The van der Waals surface area contributed by atoms with E-state index in [-0.39, 0.29) is 0 Å². The molecule has 53 heavy (non-hydrogen) atoms. The predicted octanol–water partition coefficient (Wildman–Crippen LogP) is 16.5. The lowest BCUT2D eigenvalue weighted by atomic mass is 10.0. The molecule has 2 aromatic rings. The first-order chi connectivity index (χ1) is 26.3. The van der Waals surface area contributed by atoms with Gasteiger partial charge in [-0.25, -0.2) is 4.57 Å². The molecule has 0 aliphatic rings. The van der Waals surface area contributed by atoms with Gasteiger partial charge in [-0.1, -0.05) is 224 Å². The lowest BCUT2D eigenvalue weighted by Crippen LogP contribution is -2.32. The topological polar surface area (TPSA) is 7.12 Å². The molecule has 0 aliphatic heterocycles. The van der Waals surface area contributed by atoms with Crippen LogP contribution in [0.5, 0.6) is 0 Å². The molecule has 2 rings (SSSR count). The molecule has 0 unspecified atom stereocenters. The van der Waals surface area contributed by atoms with Crippen molar-refractivity contribution in [1.82, 2.24) is 0 Å². The minimum atomic E-state index is 1.08. The van der Waals surface area contributed by atoms with Crippen molar-refractivity contribution < 1.29 is 4.57 Å². The summed E-state index contributed by atoms with van der Waals surface area (Å²) in [6.07, 6.45) is 54.7. The van der Waals surface area contributed by atoms with Crippen molar-refractivity contribution in [1.29, 1.82) is 0 Å². The first kappa shape index (κ1) is 47.1. The van der Waals surface area contributed by atoms with Crippen LogP contribution in [0.1, 0.15) is 237 Å². The van der Waals surface area contributed by atoms with Crippen LogP contribution in [0.3, 0.4) is 0 Å². The van der Waals surface area contributed by atoms with E-state index in [1.807, 2.05) is 0 Å². The molecule has 0 amide bonds. The summed E-state index contributed by atoms with van der Waals surface area (Å²) in [7, 11) is 0. The van der Waals surface area contributed by atoms with Crippen molar-refractivity contribution in [3.8, 4) is 0 Å². The molecule has 1 aromatic heterocycles. The van der Waals surface area contributed by atoms with Crippen molar-refractivity contribution in [3.63, 3.8) is 0 Å². The number of benzene rings is 1. The predicted molar refractivity (Wildman–Crippen MR) is 239 cm³/mol. The van der Waals surface area contributed by atoms with Crippen LogP contribution in [0.4, 0.5) is 5.69 Å². The van der Waals surface area contributed by atoms with Gasteiger partial charge in [0.2, 0.25) is 0 Å². The highest BCUT2D eigenvalue weighted by Gasteiger charge is 2.05. The Morgan fingerprint density at radius 2 is 0.698 bits per heavy atom. The molecule has 302 valence electrons. The van der Waals surface area contributed by atoms with E-state index in [0.717, 1.165) is 13.1 Å². The number of hydrogen-bond acceptors (Lipinski definition) is 1. The standard InChI is InChI=1S/C51H89N2/c1-4-7-9-11-13-15-17-19-21-23-25-27-29-31-33-35-45-52-47-43-50(44-48-52)38-37-49-39-41-51(42-40-49)53(6-3)46-36-34-32-30-28-26-24-22-20-18-16-14-12-10-8-5-2/h37-44,47-48H,4-36,45-46H2,1-3H3/q+1. The second kappa shape index (κ2) is 35.6. The van der Waals surface area contributed by atoms with E-state index < -0.39 is 0 Å². The molecule has 1 heterocycles. The highest BCUT2D eigenvalue weighted by Crippen LogP contribution is 2.19. The second-order valence-corrected chi connectivity index (χ2v) is 16.5. The summed E-state index contributed by atoms with van der Waals surface area (Å²) in [6.45, 7) is 10.3. The zero-order valence-electron chi connectivity index (χ0n) is 35.9. The van der Waals surface area contributed by atoms with Gasteiger partial charge in [0.15, 0.2) is 12.4 Å². The van der Waals surface area contributed by atoms with Crippen molar-refractivity contribution in [3.05, 3.63) is 59.9 Å². The summed E-state index contributed by atoms with van der Waals surface area (Å²) in [4.78, 5) is 2.55. The normalized spacial score (nSPS) is 11.6. The molecule has 0 aliphatic carbocycles. The fraction of sp³-hybridized carbons (Fsp3) is 0.745. The van der Waals surface area contributed by atoms with Gasteiger partial charge in [-0.15, -0.1) is 0 Å². The van der Waals surface area contributed by atoms with E-state index in [4.69, 9.17) is 0 Å².